The van der Waals surface area contributed by atoms with Gasteiger partial charge < -0.3 is 5.32 Å². The monoisotopic (exact) mass is 243 g/mol. The number of aryl methyl sites for hydroxylation is 3. The van der Waals surface area contributed by atoms with Crippen LogP contribution in [0.15, 0.2) is 24.4 Å². The Morgan fingerprint density at radius 2 is 2.00 bits per heavy atom. The SMILES string of the molecule is Cc1ccc(C)c(NC(=O)c2cnn(C)c2C)c1. The second-order valence-electron chi connectivity index (χ2n) is 4.54. The van der Waals surface area contributed by atoms with E-state index in [-0.39, 0.29) is 5.91 Å². The zero-order chi connectivity index (χ0) is 13.3. The molecule has 1 N–H and O–H groups in total. The van der Waals surface area contributed by atoms with Crippen molar-refractivity contribution in [3.63, 3.8) is 0 Å². The van der Waals surface area contributed by atoms with E-state index >= 15 is 0 Å². The van der Waals surface area contributed by atoms with Crippen molar-refractivity contribution in [1.29, 1.82) is 0 Å². The molecule has 1 heterocycles. The molecule has 0 bridgehead atoms. The Morgan fingerprint density at radius 1 is 1.28 bits per heavy atom. The van der Waals surface area contributed by atoms with Gasteiger partial charge in [-0.25, -0.2) is 0 Å². The summed E-state index contributed by atoms with van der Waals surface area (Å²) in [6, 6.07) is 6.00. The second kappa shape index (κ2) is 4.64. The lowest BCUT2D eigenvalue weighted by Crippen LogP contribution is -2.13. The summed E-state index contributed by atoms with van der Waals surface area (Å²) in [5.74, 6) is -0.116. The van der Waals surface area contributed by atoms with E-state index in [1.165, 1.54) is 0 Å². The Balaban J connectivity index is 2.27. The van der Waals surface area contributed by atoms with Gasteiger partial charge in [0, 0.05) is 18.4 Å². The Bertz CT molecular complexity index is 599. The first kappa shape index (κ1) is 12.4. The number of nitrogens with zero attached hydrogens (tertiary/aromatic N) is 2. The molecule has 2 rings (SSSR count). The lowest BCUT2D eigenvalue weighted by molar-refractivity contribution is 0.102. The first-order valence-electron chi connectivity index (χ1n) is 5.86. The third kappa shape index (κ3) is 2.27. The molecular weight excluding hydrogens is 226 g/mol. The van der Waals surface area contributed by atoms with E-state index in [1.807, 2.05) is 46.0 Å². The molecule has 0 aliphatic carbocycles. The minimum atomic E-state index is -0.116. The molecule has 94 valence electrons. The predicted molar refractivity (Wildman–Crippen MR) is 71.8 cm³/mol. The number of rotatable bonds is 2. The van der Waals surface area contributed by atoms with Crippen LogP contribution in [0.1, 0.15) is 27.2 Å². The summed E-state index contributed by atoms with van der Waals surface area (Å²) in [7, 11) is 1.82. The third-order valence-corrected chi connectivity index (χ3v) is 3.12. The molecule has 0 radical (unpaired) electrons. The Hall–Kier alpha value is -2.10. The van der Waals surface area contributed by atoms with Crippen LogP contribution in [-0.2, 0) is 7.05 Å². The average Bonchev–Trinajstić information content (AvgIpc) is 2.65. The summed E-state index contributed by atoms with van der Waals surface area (Å²) in [6.07, 6.45) is 1.59. The van der Waals surface area contributed by atoms with E-state index in [9.17, 15) is 4.79 Å². The molecule has 1 aromatic carbocycles. The standard InChI is InChI=1S/C14H17N3O/c1-9-5-6-10(2)13(7-9)16-14(18)12-8-15-17(4)11(12)3/h5-8H,1-4H3,(H,16,18). The molecule has 0 atom stereocenters. The molecule has 1 amide bonds. The highest BCUT2D eigenvalue weighted by Gasteiger charge is 2.13. The number of nitrogens with one attached hydrogen (secondary N) is 1. The molecule has 0 spiro atoms. The lowest BCUT2D eigenvalue weighted by Gasteiger charge is -2.09. The van der Waals surface area contributed by atoms with Gasteiger partial charge in [0.1, 0.15) is 0 Å². The number of aromatic nitrogens is 2. The van der Waals surface area contributed by atoms with Crippen LogP contribution in [0, 0.1) is 20.8 Å². The van der Waals surface area contributed by atoms with E-state index in [1.54, 1.807) is 10.9 Å². The van der Waals surface area contributed by atoms with E-state index in [0.29, 0.717) is 5.56 Å². The summed E-state index contributed by atoms with van der Waals surface area (Å²) in [4.78, 5) is 12.1. The number of hydrogen-bond acceptors (Lipinski definition) is 2. The van der Waals surface area contributed by atoms with Gasteiger partial charge in [-0.1, -0.05) is 12.1 Å². The summed E-state index contributed by atoms with van der Waals surface area (Å²) >= 11 is 0. The zero-order valence-electron chi connectivity index (χ0n) is 11.1. The van der Waals surface area contributed by atoms with Crippen molar-refractivity contribution >= 4 is 11.6 Å². The highest BCUT2D eigenvalue weighted by Crippen LogP contribution is 2.18. The van der Waals surface area contributed by atoms with Gasteiger partial charge in [-0.05, 0) is 38.0 Å². The van der Waals surface area contributed by atoms with Gasteiger partial charge in [-0.2, -0.15) is 5.10 Å². The number of anilines is 1. The van der Waals surface area contributed by atoms with Crippen LogP contribution < -0.4 is 5.32 Å². The number of carbonyl (C=O) groups is 1. The maximum absolute atomic E-state index is 12.1. The topological polar surface area (TPSA) is 46.9 Å². The lowest BCUT2D eigenvalue weighted by atomic mass is 10.1. The quantitative estimate of drug-likeness (QED) is 0.881. The third-order valence-electron chi connectivity index (χ3n) is 3.12. The summed E-state index contributed by atoms with van der Waals surface area (Å²) in [5, 5.41) is 7.00. The van der Waals surface area contributed by atoms with Crippen LogP contribution in [0.4, 0.5) is 5.69 Å². The van der Waals surface area contributed by atoms with E-state index in [4.69, 9.17) is 0 Å². The van der Waals surface area contributed by atoms with Gasteiger partial charge in [0.15, 0.2) is 0 Å². The first-order valence-corrected chi connectivity index (χ1v) is 5.86. The predicted octanol–water partition coefficient (Wildman–Crippen LogP) is 2.60. The highest BCUT2D eigenvalue weighted by molar-refractivity contribution is 6.05. The largest absolute Gasteiger partial charge is 0.322 e. The van der Waals surface area contributed by atoms with Gasteiger partial charge in [-0.3, -0.25) is 9.48 Å². The van der Waals surface area contributed by atoms with E-state index in [0.717, 1.165) is 22.5 Å². The Labute approximate surface area is 107 Å². The van der Waals surface area contributed by atoms with Gasteiger partial charge >= 0.3 is 0 Å². The molecule has 0 aliphatic heterocycles. The van der Waals surface area contributed by atoms with Gasteiger partial charge in [0.2, 0.25) is 0 Å². The minimum Gasteiger partial charge on any atom is -0.322 e. The van der Waals surface area contributed by atoms with E-state index in [2.05, 4.69) is 10.4 Å². The fourth-order valence-corrected chi connectivity index (χ4v) is 1.78. The Kier molecular flexibility index (Phi) is 3.19. The van der Waals surface area contributed by atoms with Crippen molar-refractivity contribution in [3.8, 4) is 0 Å². The minimum absolute atomic E-state index is 0.116. The molecule has 0 saturated heterocycles. The van der Waals surface area contributed by atoms with Crippen molar-refractivity contribution < 1.29 is 4.79 Å². The van der Waals surface area contributed by atoms with Crippen LogP contribution in [0.25, 0.3) is 0 Å². The zero-order valence-corrected chi connectivity index (χ0v) is 11.1. The van der Waals surface area contributed by atoms with Crippen LogP contribution in [0.5, 0.6) is 0 Å². The molecule has 4 nitrogen and oxygen atoms in total. The van der Waals surface area contributed by atoms with Gasteiger partial charge in [0.05, 0.1) is 11.8 Å². The molecule has 18 heavy (non-hydrogen) atoms. The fraction of sp³-hybridized carbons (Fsp3) is 0.286. The van der Waals surface area contributed by atoms with Crippen molar-refractivity contribution in [2.24, 2.45) is 7.05 Å². The molecule has 4 heteroatoms. The Morgan fingerprint density at radius 3 is 2.61 bits per heavy atom. The van der Waals surface area contributed by atoms with Crippen molar-refractivity contribution in [1.82, 2.24) is 9.78 Å². The maximum atomic E-state index is 12.1. The number of carbonyl (C=O) groups excluding carboxylic acids is 1. The van der Waals surface area contributed by atoms with Crippen LogP contribution in [-0.4, -0.2) is 15.7 Å². The van der Waals surface area contributed by atoms with Crippen LogP contribution in [0.3, 0.4) is 0 Å². The van der Waals surface area contributed by atoms with Crippen molar-refractivity contribution in [2.75, 3.05) is 5.32 Å². The molecule has 1 aromatic heterocycles. The second-order valence-corrected chi connectivity index (χ2v) is 4.54. The van der Waals surface area contributed by atoms with E-state index < -0.39 is 0 Å². The number of benzene rings is 1. The van der Waals surface area contributed by atoms with Gasteiger partial charge in [0.25, 0.3) is 5.91 Å². The molecule has 0 aliphatic rings. The molecule has 0 fully saturated rings. The fourth-order valence-electron chi connectivity index (χ4n) is 1.78. The molecule has 0 saturated carbocycles. The average molecular weight is 243 g/mol. The van der Waals surface area contributed by atoms with Crippen LogP contribution >= 0.6 is 0 Å². The number of amides is 1. The normalized spacial score (nSPS) is 10.4. The number of hydrogen-bond donors (Lipinski definition) is 1. The summed E-state index contributed by atoms with van der Waals surface area (Å²) in [6.45, 7) is 5.86. The molecular formula is C14H17N3O. The summed E-state index contributed by atoms with van der Waals surface area (Å²) in [5.41, 5.74) is 4.49. The smallest absolute Gasteiger partial charge is 0.259 e. The van der Waals surface area contributed by atoms with Crippen molar-refractivity contribution in [2.45, 2.75) is 20.8 Å². The highest BCUT2D eigenvalue weighted by atomic mass is 16.1. The first-order chi connectivity index (χ1) is 8.49. The maximum Gasteiger partial charge on any atom is 0.259 e. The van der Waals surface area contributed by atoms with Gasteiger partial charge in [-0.15, -0.1) is 0 Å². The molecule has 2 aromatic rings. The summed E-state index contributed by atoms with van der Waals surface area (Å²) < 4.78 is 1.69. The van der Waals surface area contributed by atoms with Crippen molar-refractivity contribution in [3.05, 3.63) is 46.8 Å². The molecule has 0 unspecified atom stereocenters. The van der Waals surface area contributed by atoms with Crippen LogP contribution in [0.2, 0.25) is 0 Å².